The van der Waals surface area contributed by atoms with Crippen molar-refractivity contribution in [2.75, 3.05) is 0 Å². The quantitative estimate of drug-likeness (QED) is 0.215. The molecular weight excluding hydrogens is 518 g/mol. The zero-order valence-electron chi connectivity index (χ0n) is 26.9. The summed E-state index contributed by atoms with van der Waals surface area (Å²) in [5, 5.41) is 2.57. The van der Waals surface area contributed by atoms with Crippen LogP contribution in [0.25, 0.3) is 21.8 Å². The maximum absolute atomic E-state index is 6.69. The van der Waals surface area contributed by atoms with Crippen LogP contribution < -0.4 is 4.74 Å². The van der Waals surface area contributed by atoms with E-state index in [2.05, 4.69) is 139 Å². The van der Waals surface area contributed by atoms with E-state index in [1.807, 2.05) is 13.8 Å². The fourth-order valence-electron chi connectivity index (χ4n) is 6.21. The van der Waals surface area contributed by atoms with Gasteiger partial charge in [0.25, 0.3) is 0 Å². The summed E-state index contributed by atoms with van der Waals surface area (Å²) < 4.78 is 9.07. The van der Waals surface area contributed by atoms with Gasteiger partial charge in [-0.05, 0) is 103 Å². The second-order valence-electron chi connectivity index (χ2n) is 11.5. The van der Waals surface area contributed by atoms with E-state index in [-0.39, 0.29) is 5.41 Å². The van der Waals surface area contributed by atoms with Crippen LogP contribution in [0.15, 0.2) is 72.0 Å². The first kappa shape index (κ1) is 32.3. The molecule has 4 aromatic rings. The lowest BCUT2D eigenvalue weighted by atomic mass is 9.74. The van der Waals surface area contributed by atoms with E-state index in [4.69, 9.17) is 4.74 Å². The van der Waals surface area contributed by atoms with Gasteiger partial charge in [0, 0.05) is 40.7 Å². The largest absolute Gasteiger partial charge is 0.461 e. The third-order valence-electron chi connectivity index (χ3n) is 8.70. The normalized spacial score (nSPS) is 13.9. The number of nitrogens with zero attached hydrogens (tertiary/aromatic N) is 1. The van der Waals surface area contributed by atoms with E-state index in [0.717, 1.165) is 30.8 Å². The Hall–Kier alpha value is -3.17. The molecule has 0 fully saturated rings. The Morgan fingerprint density at radius 1 is 0.927 bits per heavy atom. The summed E-state index contributed by atoms with van der Waals surface area (Å²) in [6.07, 6.45) is 7.52. The number of aryl methyl sites for hydroxylation is 3. The van der Waals surface area contributed by atoms with Crippen LogP contribution in [0, 0.1) is 13.8 Å². The Morgan fingerprint density at radius 2 is 1.56 bits per heavy atom. The molecule has 1 aliphatic rings. The number of hydrogen-bond donors (Lipinski definition) is 0. The summed E-state index contributed by atoms with van der Waals surface area (Å²) >= 11 is 3.83. The van der Waals surface area contributed by atoms with Gasteiger partial charge in [-0.2, -0.15) is 0 Å². The van der Waals surface area contributed by atoms with Crippen LogP contribution in [0.2, 0.25) is 0 Å². The van der Waals surface area contributed by atoms with Crippen molar-refractivity contribution >= 4 is 39.9 Å². The molecule has 1 aliphatic carbocycles. The summed E-state index contributed by atoms with van der Waals surface area (Å²) in [5.74, 6) is 5.38. The molecule has 3 heteroatoms. The average molecular weight is 568 g/mol. The first-order valence-electron chi connectivity index (χ1n) is 15.1. The molecule has 1 atom stereocenters. The second kappa shape index (κ2) is 13.7. The highest BCUT2D eigenvalue weighted by Crippen LogP contribution is 2.42. The van der Waals surface area contributed by atoms with Gasteiger partial charge in [-0.1, -0.05) is 90.2 Å². The molecule has 218 valence electrons. The number of benzene rings is 3. The molecule has 0 bridgehead atoms. The number of ether oxygens (including phenoxy) is 1. The monoisotopic (exact) mass is 567 g/mol. The minimum absolute atomic E-state index is 0.0886. The van der Waals surface area contributed by atoms with Crippen LogP contribution in [0.5, 0.6) is 5.75 Å². The number of allylic oxidation sites excluding steroid dienone is 4. The van der Waals surface area contributed by atoms with Gasteiger partial charge in [0.2, 0.25) is 0 Å². The van der Waals surface area contributed by atoms with Gasteiger partial charge in [0.15, 0.2) is 0 Å². The molecule has 0 amide bonds. The summed E-state index contributed by atoms with van der Waals surface area (Å²) in [4.78, 5) is 0. The number of fused-ring (bicyclic) bond motifs is 3. The van der Waals surface area contributed by atoms with Crippen LogP contribution >= 0.6 is 12.2 Å². The van der Waals surface area contributed by atoms with Gasteiger partial charge < -0.3 is 9.30 Å². The average Bonchev–Trinajstić information content (AvgIpc) is 3.24. The van der Waals surface area contributed by atoms with Gasteiger partial charge in [0.05, 0.1) is 0 Å². The molecule has 2 nitrogen and oxygen atoms in total. The Labute approximate surface area is 254 Å². The maximum atomic E-state index is 6.69. The molecule has 0 saturated carbocycles. The predicted molar refractivity (Wildman–Crippen MR) is 185 cm³/mol. The van der Waals surface area contributed by atoms with E-state index < -0.39 is 0 Å². The molecule has 0 radical (unpaired) electrons. The fraction of sp³-hybridized carbons (Fsp3) is 0.395. The first-order chi connectivity index (χ1) is 19.6. The van der Waals surface area contributed by atoms with Crippen molar-refractivity contribution in [3.63, 3.8) is 0 Å². The smallest absolute Gasteiger partial charge is 0.131 e. The molecule has 3 aromatic carbocycles. The lowest BCUT2D eigenvalue weighted by molar-refractivity contribution is 0.390. The topological polar surface area (TPSA) is 14.2 Å². The summed E-state index contributed by atoms with van der Waals surface area (Å²) in [6, 6.07) is 18.3. The zero-order valence-corrected chi connectivity index (χ0v) is 27.8. The molecule has 1 aromatic heterocycles. The summed E-state index contributed by atoms with van der Waals surface area (Å²) in [5.41, 5.74) is 10.4. The lowest BCUT2D eigenvalue weighted by Gasteiger charge is -2.30. The standard InChI is InChI=1S/C35H41NO.C2H6.CH2S/c1-9-22(2)26-19-31-28(20-34(26)37-33-17-13-11-15-24(33)4)27-18-25(5)30(21-32(27)36(31)8)35(6,7)29-16-12-10-14-23(29)3;2*1-2/h10-12,14-16,18-22H,9,13,17H2,1-8H3;1-2H3;1H2. The third-order valence-corrected chi connectivity index (χ3v) is 8.70. The molecule has 0 saturated heterocycles. The van der Waals surface area contributed by atoms with Crippen LogP contribution in [0.3, 0.4) is 0 Å². The minimum Gasteiger partial charge on any atom is -0.461 e. The molecule has 0 aliphatic heterocycles. The van der Waals surface area contributed by atoms with Crippen LogP contribution in [-0.4, -0.2) is 10.4 Å². The Balaban J connectivity index is 0.00000111. The predicted octanol–water partition coefficient (Wildman–Crippen LogP) is 11.4. The number of rotatable bonds is 6. The van der Waals surface area contributed by atoms with Crippen molar-refractivity contribution in [3.8, 4) is 5.75 Å². The Bertz CT molecular complexity index is 1580. The number of hydrogen-bond acceptors (Lipinski definition) is 2. The molecule has 0 spiro atoms. The van der Waals surface area contributed by atoms with Crippen molar-refractivity contribution in [3.05, 3.63) is 99.8 Å². The molecule has 41 heavy (non-hydrogen) atoms. The van der Waals surface area contributed by atoms with Gasteiger partial charge in [0.1, 0.15) is 11.5 Å². The van der Waals surface area contributed by atoms with Crippen molar-refractivity contribution in [1.29, 1.82) is 0 Å². The number of aromatic nitrogens is 1. The van der Waals surface area contributed by atoms with Crippen LogP contribution in [-0.2, 0) is 12.5 Å². The molecular formula is C38H49NOS. The first-order valence-corrected chi connectivity index (χ1v) is 15.7. The summed E-state index contributed by atoms with van der Waals surface area (Å²) in [7, 11) is 2.21. The van der Waals surface area contributed by atoms with Gasteiger partial charge in [-0.3, -0.25) is 0 Å². The maximum Gasteiger partial charge on any atom is 0.131 e. The van der Waals surface area contributed by atoms with Crippen molar-refractivity contribution < 1.29 is 4.74 Å². The van der Waals surface area contributed by atoms with Crippen LogP contribution in [0.1, 0.15) is 101 Å². The molecule has 1 heterocycles. The second-order valence-corrected chi connectivity index (χ2v) is 11.5. The number of thiocarbonyl (C=S) groups is 1. The SMILES string of the molecule is C=S.CC.CCC(C)c1cc2c(cc1OC1=C(C)C=CCC1)c1cc(C)c(C(C)(C)c3ccccc3C)cc1n2C. The highest BCUT2D eigenvalue weighted by molar-refractivity contribution is 7.77. The summed E-state index contributed by atoms with van der Waals surface area (Å²) in [6.45, 7) is 19.9. The van der Waals surface area contributed by atoms with Crippen molar-refractivity contribution in [2.45, 2.75) is 92.9 Å². The lowest BCUT2D eigenvalue weighted by Crippen LogP contribution is -2.21. The highest BCUT2D eigenvalue weighted by Gasteiger charge is 2.28. The third kappa shape index (κ3) is 6.21. The van der Waals surface area contributed by atoms with E-state index in [0.29, 0.717) is 5.92 Å². The molecule has 1 unspecified atom stereocenters. The van der Waals surface area contributed by atoms with Gasteiger partial charge in [-0.15, -0.1) is 0 Å². The zero-order chi connectivity index (χ0) is 30.5. The van der Waals surface area contributed by atoms with E-state index >= 15 is 0 Å². The van der Waals surface area contributed by atoms with Gasteiger partial charge in [-0.25, -0.2) is 0 Å². The molecule has 5 rings (SSSR count). The van der Waals surface area contributed by atoms with E-state index in [1.165, 1.54) is 55.2 Å². The minimum atomic E-state index is -0.0886. The fourth-order valence-corrected chi connectivity index (χ4v) is 6.21. The Kier molecular flexibility index (Phi) is 10.8. The highest BCUT2D eigenvalue weighted by atomic mass is 32.1. The van der Waals surface area contributed by atoms with Crippen LogP contribution in [0.4, 0.5) is 0 Å². The molecule has 0 N–H and O–H groups in total. The van der Waals surface area contributed by atoms with E-state index in [1.54, 1.807) is 0 Å². The van der Waals surface area contributed by atoms with E-state index in [9.17, 15) is 0 Å². The Morgan fingerprint density at radius 3 is 2.20 bits per heavy atom. The van der Waals surface area contributed by atoms with Crippen molar-refractivity contribution in [1.82, 2.24) is 4.57 Å². The van der Waals surface area contributed by atoms with Gasteiger partial charge >= 0.3 is 0 Å². The van der Waals surface area contributed by atoms with Crippen molar-refractivity contribution in [2.24, 2.45) is 7.05 Å².